The van der Waals surface area contributed by atoms with Gasteiger partial charge in [-0.25, -0.2) is 8.78 Å². The predicted molar refractivity (Wildman–Crippen MR) is 130 cm³/mol. The summed E-state index contributed by atoms with van der Waals surface area (Å²) in [5, 5.41) is 11.4. The van der Waals surface area contributed by atoms with Crippen LogP contribution >= 0.6 is 11.3 Å². The number of hydrogen-bond acceptors (Lipinski definition) is 7. The Balaban J connectivity index is 1.73. The van der Waals surface area contributed by atoms with Crippen LogP contribution < -0.4 is 10.4 Å². The topological polar surface area (TPSA) is 80.6 Å². The van der Waals surface area contributed by atoms with E-state index < -0.39 is 17.6 Å². The molecule has 2 atom stereocenters. The fourth-order valence-electron chi connectivity index (χ4n) is 4.45. The molecule has 4 rings (SSSR count). The van der Waals surface area contributed by atoms with Gasteiger partial charge in [0, 0.05) is 43.8 Å². The number of hydrogen-bond donors (Lipinski definition) is 0. The Hall–Kier alpha value is -2.92. The first-order valence-corrected chi connectivity index (χ1v) is 12.5. The van der Waals surface area contributed by atoms with Crippen molar-refractivity contribution in [3.63, 3.8) is 0 Å². The van der Waals surface area contributed by atoms with Gasteiger partial charge in [0.05, 0.1) is 18.2 Å². The summed E-state index contributed by atoms with van der Waals surface area (Å²) in [5.41, 5.74) is 0.699. The maximum atomic E-state index is 14.2. The molecule has 0 aromatic carbocycles. The van der Waals surface area contributed by atoms with Crippen LogP contribution in [0.2, 0.25) is 0 Å². The highest BCUT2D eigenvalue weighted by Crippen LogP contribution is 2.31. The lowest BCUT2D eigenvalue weighted by Crippen LogP contribution is -2.59. The van der Waals surface area contributed by atoms with Crippen LogP contribution in [0.3, 0.4) is 0 Å². The van der Waals surface area contributed by atoms with E-state index in [4.69, 9.17) is 4.74 Å². The Kier molecular flexibility index (Phi) is 7.46. The number of fused-ring (bicyclic) bond motifs is 1. The first-order valence-electron chi connectivity index (χ1n) is 11.7. The molecule has 1 unspecified atom stereocenters. The van der Waals surface area contributed by atoms with Gasteiger partial charge in [0.2, 0.25) is 0 Å². The van der Waals surface area contributed by atoms with Gasteiger partial charge in [-0.05, 0) is 32.8 Å². The van der Waals surface area contributed by atoms with E-state index in [2.05, 4.69) is 10.2 Å². The zero-order valence-corrected chi connectivity index (χ0v) is 21.1. The summed E-state index contributed by atoms with van der Waals surface area (Å²) in [6.07, 6.45) is 5.17. The fraction of sp³-hybridized carbons (Fsp3) is 0.500. The van der Waals surface area contributed by atoms with E-state index in [0.717, 1.165) is 12.5 Å². The van der Waals surface area contributed by atoms with Crippen molar-refractivity contribution < 1.29 is 18.3 Å². The van der Waals surface area contributed by atoms with Crippen LogP contribution in [0.4, 0.5) is 8.78 Å². The van der Waals surface area contributed by atoms with Crippen LogP contribution in [0, 0.1) is 12.8 Å². The Labute approximate surface area is 206 Å². The van der Waals surface area contributed by atoms with Gasteiger partial charge in [-0.3, -0.25) is 19.3 Å². The highest BCUT2D eigenvalue weighted by Gasteiger charge is 2.34. The van der Waals surface area contributed by atoms with E-state index in [-0.39, 0.29) is 30.2 Å². The molecule has 11 heteroatoms. The Morgan fingerprint density at radius 2 is 2.03 bits per heavy atom. The molecule has 0 bridgehead atoms. The summed E-state index contributed by atoms with van der Waals surface area (Å²) in [5.74, 6) is -1.80. The van der Waals surface area contributed by atoms with Crippen molar-refractivity contribution in [3.8, 4) is 10.6 Å². The first kappa shape index (κ1) is 25.2. The zero-order valence-electron chi connectivity index (χ0n) is 20.3. The quantitative estimate of drug-likeness (QED) is 0.544. The van der Waals surface area contributed by atoms with Gasteiger partial charge in [-0.15, -0.1) is 10.2 Å². The monoisotopic (exact) mass is 505 g/mol. The predicted octanol–water partition coefficient (Wildman–Crippen LogP) is 3.74. The highest BCUT2D eigenvalue weighted by molar-refractivity contribution is 7.14. The number of allylic oxidation sites excluding steroid dienone is 4. The van der Waals surface area contributed by atoms with Crippen LogP contribution in [0.25, 0.3) is 10.6 Å². The van der Waals surface area contributed by atoms with Crippen molar-refractivity contribution in [2.45, 2.75) is 46.1 Å². The number of rotatable bonds is 8. The molecule has 0 fully saturated rings. The van der Waals surface area contributed by atoms with Crippen molar-refractivity contribution >= 4 is 17.2 Å². The number of pyridine rings is 1. The number of ether oxygens (including phenoxy) is 1. The van der Waals surface area contributed by atoms with Crippen molar-refractivity contribution in [3.05, 3.63) is 56.5 Å². The summed E-state index contributed by atoms with van der Waals surface area (Å²) in [7, 11) is 1.63. The largest absolute Gasteiger partial charge is 0.382 e. The van der Waals surface area contributed by atoms with E-state index in [9.17, 15) is 18.4 Å². The minimum Gasteiger partial charge on any atom is -0.382 e. The van der Waals surface area contributed by atoms with Crippen molar-refractivity contribution in [1.29, 1.82) is 0 Å². The molecule has 1 aliphatic carbocycles. The fourth-order valence-corrected chi connectivity index (χ4v) is 5.38. The van der Waals surface area contributed by atoms with Crippen molar-refractivity contribution in [2.24, 2.45) is 5.92 Å². The summed E-state index contributed by atoms with van der Waals surface area (Å²) in [6, 6.07) is -0.0184. The lowest BCUT2D eigenvalue weighted by atomic mass is 9.96. The van der Waals surface area contributed by atoms with Crippen LogP contribution in [0.5, 0.6) is 0 Å². The molecule has 1 aliphatic heterocycles. The summed E-state index contributed by atoms with van der Waals surface area (Å²) in [6.45, 7) is 6.94. The van der Waals surface area contributed by atoms with Gasteiger partial charge in [0.25, 0.3) is 5.91 Å². The van der Waals surface area contributed by atoms with Crippen LogP contribution in [-0.2, 0) is 11.2 Å². The molecule has 0 saturated heterocycles. The van der Waals surface area contributed by atoms with Crippen molar-refractivity contribution in [2.75, 3.05) is 31.9 Å². The highest BCUT2D eigenvalue weighted by atomic mass is 32.1. The molecule has 3 heterocycles. The lowest BCUT2D eigenvalue weighted by molar-refractivity contribution is 0.0667. The molecule has 1 amide bonds. The van der Waals surface area contributed by atoms with Gasteiger partial charge in [0.1, 0.15) is 29.0 Å². The minimum absolute atomic E-state index is 0.0184. The molecule has 0 spiro atoms. The summed E-state index contributed by atoms with van der Waals surface area (Å²) < 4.78 is 34.6. The number of halogens is 2. The van der Waals surface area contributed by atoms with Crippen LogP contribution in [0.15, 0.2) is 34.8 Å². The smallest absolute Gasteiger partial charge is 0.274 e. The Morgan fingerprint density at radius 3 is 2.69 bits per heavy atom. The number of amides is 1. The van der Waals surface area contributed by atoms with Gasteiger partial charge < -0.3 is 9.64 Å². The van der Waals surface area contributed by atoms with E-state index in [0.29, 0.717) is 46.7 Å². The third-order valence-electron chi connectivity index (χ3n) is 6.52. The molecule has 0 saturated carbocycles. The average molecular weight is 506 g/mol. The van der Waals surface area contributed by atoms with Gasteiger partial charge in [-0.2, -0.15) is 0 Å². The first-order chi connectivity index (χ1) is 16.8. The van der Waals surface area contributed by atoms with Crippen LogP contribution in [-0.4, -0.2) is 58.7 Å². The average Bonchev–Trinajstić information content (AvgIpc) is 3.30. The number of carbonyl (C=O) groups excluding carboxylic acids is 1. The van der Waals surface area contributed by atoms with E-state index in [1.165, 1.54) is 17.4 Å². The molecule has 188 valence electrons. The third-order valence-corrected chi connectivity index (χ3v) is 7.50. The lowest BCUT2D eigenvalue weighted by Gasteiger charge is -2.43. The second-order valence-corrected chi connectivity index (χ2v) is 9.77. The van der Waals surface area contributed by atoms with Crippen molar-refractivity contribution in [1.82, 2.24) is 19.8 Å². The van der Waals surface area contributed by atoms with E-state index >= 15 is 0 Å². The number of aromatic nitrogens is 3. The van der Waals surface area contributed by atoms with E-state index in [1.807, 2.05) is 18.9 Å². The second kappa shape index (κ2) is 10.4. The molecule has 2 aromatic heterocycles. The Morgan fingerprint density at radius 1 is 1.26 bits per heavy atom. The minimum atomic E-state index is -0.575. The molecular formula is C24H29F2N5O3S. The van der Waals surface area contributed by atoms with Gasteiger partial charge in [0.15, 0.2) is 10.4 Å². The second-order valence-electron chi connectivity index (χ2n) is 8.71. The standard InChI is InChI=1S/C24H29F2N5O3S/c1-5-17(12-34-4)31-13-29(6-2)24(33)21-14(3)22(32)18(11-30(21)31)23-28-27-20(35-23)9-15-7-8-16(25)10-19(15)26/h8,10-11,15,17H,5-7,9,12-13H2,1-4H3/t15?,17-/m0/s1. The van der Waals surface area contributed by atoms with E-state index in [1.54, 1.807) is 29.8 Å². The normalized spacial score (nSPS) is 18.9. The number of methoxy groups -OCH3 is 1. The molecule has 8 nitrogen and oxygen atoms in total. The maximum absolute atomic E-state index is 14.2. The zero-order chi connectivity index (χ0) is 25.3. The summed E-state index contributed by atoms with van der Waals surface area (Å²) >= 11 is 1.21. The molecule has 0 N–H and O–H groups in total. The van der Waals surface area contributed by atoms with Gasteiger partial charge in [-0.1, -0.05) is 18.3 Å². The number of carbonyl (C=O) groups is 1. The SMILES string of the molecule is CC[C@@H](COC)N1CN(CC)C(=O)c2c(C)c(=O)c(-c3nnc(CC4CC=C(F)C=C4F)s3)cn21. The van der Waals surface area contributed by atoms with Crippen LogP contribution in [0.1, 0.15) is 47.7 Å². The summed E-state index contributed by atoms with van der Waals surface area (Å²) in [4.78, 5) is 28.2. The third kappa shape index (κ3) is 4.79. The molecule has 35 heavy (non-hydrogen) atoms. The number of nitrogens with zero attached hydrogens (tertiary/aromatic N) is 5. The Bertz CT molecular complexity index is 1240. The van der Waals surface area contributed by atoms with Gasteiger partial charge >= 0.3 is 0 Å². The molecule has 2 aromatic rings. The molecular weight excluding hydrogens is 476 g/mol. The maximum Gasteiger partial charge on any atom is 0.274 e. The molecule has 0 radical (unpaired) electrons. The molecule has 2 aliphatic rings.